The van der Waals surface area contributed by atoms with Gasteiger partial charge in [0.25, 0.3) is 5.91 Å². The molecule has 14 heavy (non-hydrogen) atoms. The summed E-state index contributed by atoms with van der Waals surface area (Å²) in [6.45, 7) is 3.30. The SMILES string of the molecule is CC(C)C[C@@H](N)C(=O)NOCC(=O)O. The van der Waals surface area contributed by atoms with Crippen molar-refractivity contribution in [3.8, 4) is 0 Å². The van der Waals surface area contributed by atoms with Gasteiger partial charge in [-0.3, -0.25) is 9.63 Å². The third-order valence-electron chi connectivity index (χ3n) is 1.43. The van der Waals surface area contributed by atoms with Gasteiger partial charge < -0.3 is 10.8 Å². The average Bonchev–Trinajstić information content (AvgIpc) is 2.01. The Bertz CT molecular complexity index is 206. The predicted octanol–water partition coefficient (Wildman–Crippen LogP) is -0.508. The monoisotopic (exact) mass is 204 g/mol. The van der Waals surface area contributed by atoms with Gasteiger partial charge in [-0.25, -0.2) is 10.3 Å². The third kappa shape index (κ3) is 6.38. The highest BCUT2D eigenvalue weighted by Crippen LogP contribution is 2.02. The van der Waals surface area contributed by atoms with Crippen molar-refractivity contribution in [1.82, 2.24) is 5.48 Å². The summed E-state index contributed by atoms with van der Waals surface area (Å²) in [5, 5.41) is 8.20. The van der Waals surface area contributed by atoms with Crippen molar-refractivity contribution in [2.75, 3.05) is 6.61 Å². The van der Waals surface area contributed by atoms with Crippen LogP contribution in [0.5, 0.6) is 0 Å². The molecule has 0 heterocycles. The molecule has 0 bridgehead atoms. The number of nitrogens with one attached hydrogen (secondary N) is 1. The summed E-state index contributed by atoms with van der Waals surface area (Å²) < 4.78 is 0. The first-order valence-corrected chi connectivity index (χ1v) is 4.32. The molecule has 0 aromatic heterocycles. The number of aliphatic carboxylic acids is 1. The number of nitrogens with two attached hydrogens (primary N) is 1. The molecule has 0 saturated heterocycles. The summed E-state index contributed by atoms with van der Waals surface area (Å²) in [4.78, 5) is 25.5. The van der Waals surface area contributed by atoms with Crippen LogP contribution in [-0.4, -0.2) is 29.6 Å². The van der Waals surface area contributed by atoms with Crippen molar-refractivity contribution in [3.63, 3.8) is 0 Å². The molecule has 6 nitrogen and oxygen atoms in total. The molecule has 0 aromatic rings. The largest absolute Gasteiger partial charge is 0.479 e. The first-order valence-electron chi connectivity index (χ1n) is 4.32. The van der Waals surface area contributed by atoms with Crippen molar-refractivity contribution in [1.29, 1.82) is 0 Å². The van der Waals surface area contributed by atoms with Gasteiger partial charge in [0.1, 0.15) is 0 Å². The van der Waals surface area contributed by atoms with Gasteiger partial charge in [0.05, 0.1) is 6.04 Å². The van der Waals surface area contributed by atoms with Crippen LogP contribution in [0.25, 0.3) is 0 Å². The van der Waals surface area contributed by atoms with E-state index in [2.05, 4.69) is 4.84 Å². The van der Waals surface area contributed by atoms with Crippen molar-refractivity contribution in [3.05, 3.63) is 0 Å². The van der Waals surface area contributed by atoms with Crippen LogP contribution in [0.15, 0.2) is 0 Å². The summed E-state index contributed by atoms with van der Waals surface area (Å²) in [7, 11) is 0. The summed E-state index contributed by atoms with van der Waals surface area (Å²) >= 11 is 0. The quantitative estimate of drug-likeness (QED) is 0.506. The molecule has 0 aliphatic heterocycles. The van der Waals surface area contributed by atoms with Gasteiger partial charge in [-0.05, 0) is 12.3 Å². The number of hydrogen-bond acceptors (Lipinski definition) is 4. The molecule has 1 amide bonds. The smallest absolute Gasteiger partial charge is 0.332 e. The zero-order valence-electron chi connectivity index (χ0n) is 8.32. The van der Waals surface area contributed by atoms with Crippen molar-refractivity contribution >= 4 is 11.9 Å². The minimum atomic E-state index is -1.15. The van der Waals surface area contributed by atoms with Crippen LogP contribution in [0.4, 0.5) is 0 Å². The van der Waals surface area contributed by atoms with E-state index in [-0.39, 0.29) is 0 Å². The normalized spacial score (nSPS) is 12.6. The second-order valence-electron chi connectivity index (χ2n) is 3.38. The van der Waals surface area contributed by atoms with Gasteiger partial charge in [-0.15, -0.1) is 0 Å². The Morgan fingerprint density at radius 3 is 2.50 bits per heavy atom. The Morgan fingerprint density at radius 2 is 2.07 bits per heavy atom. The number of carbonyl (C=O) groups is 2. The van der Waals surface area contributed by atoms with Crippen LogP contribution < -0.4 is 11.2 Å². The Hall–Kier alpha value is -1.14. The fraction of sp³-hybridized carbons (Fsp3) is 0.750. The summed E-state index contributed by atoms with van der Waals surface area (Å²) in [5.74, 6) is -1.35. The summed E-state index contributed by atoms with van der Waals surface area (Å²) in [6, 6.07) is -0.663. The van der Waals surface area contributed by atoms with E-state index in [0.29, 0.717) is 12.3 Å². The average molecular weight is 204 g/mol. The van der Waals surface area contributed by atoms with E-state index in [9.17, 15) is 9.59 Å². The first-order chi connectivity index (χ1) is 6.43. The molecule has 82 valence electrons. The molecule has 0 unspecified atom stereocenters. The molecule has 0 aromatic carbocycles. The Kier molecular flexibility index (Phi) is 5.82. The number of rotatable bonds is 6. The molecule has 0 radical (unpaired) electrons. The van der Waals surface area contributed by atoms with E-state index in [4.69, 9.17) is 10.8 Å². The van der Waals surface area contributed by atoms with E-state index >= 15 is 0 Å². The Balaban J connectivity index is 3.67. The number of hydroxylamine groups is 1. The predicted molar refractivity (Wildman–Crippen MR) is 49.2 cm³/mol. The minimum absolute atomic E-state index is 0.301. The molecule has 4 N–H and O–H groups in total. The summed E-state index contributed by atoms with van der Waals surface area (Å²) in [5.41, 5.74) is 7.47. The lowest BCUT2D eigenvalue weighted by molar-refractivity contribution is -0.149. The number of carboxylic acid groups (broad SMARTS) is 1. The molecule has 1 atom stereocenters. The van der Waals surface area contributed by atoms with Crippen LogP contribution in [0.2, 0.25) is 0 Å². The standard InChI is InChI=1S/C8H16N2O4/c1-5(2)3-6(9)8(13)10-14-4-7(11)12/h5-6H,3-4,9H2,1-2H3,(H,10,13)(H,11,12)/t6-/m1/s1. The molecule has 0 spiro atoms. The van der Waals surface area contributed by atoms with Gasteiger partial charge >= 0.3 is 5.97 Å². The van der Waals surface area contributed by atoms with Crippen LogP contribution in [0.3, 0.4) is 0 Å². The molecule has 6 heteroatoms. The van der Waals surface area contributed by atoms with Crippen molar-refractivity contribution < 1.29 is 19.5 Å². The summed E-state index contributed by atoms with van der Waals surface area (Å²) in [6.07, 6.45) is 0.530. The highest BCUT2D eigenvalue weighted by atomic mass is 16.7. The maximum Gasteiger partial charge on any atom is 0.332 e. The maximum absolute atomic E-state index is 11.1. The highest BCUT2D eigenvalue weighted by Gasteiger charge is 2.14. The van der Waals surface area contributed by atoms with Crippen LogP contribution >= 0.6 is 0 Å². The van der Waals surface area contributed by atoms with Gasteiger partial charge in [-0.1, -0.05) is 13.8 Å². The lowest BCUT2D eigenvalue weighted by atomic mass is 10.0. The van der Waals surface area contributed by atoms with E-state index < -0.39 is 24.5 Å². The van der Waals surface area contributed by atoms with E-state index in [1.165, 1.54) is 0 Å². The lowest BCUT2D eigenvalue weighted by Gasteiger charge is -2.13. The van der Waals surface area contributed by atoms with E-state index in [0.717, 1.165) is 0 Å². The first kappa shape index (κ1) is 12.9. The van der Waals surface area contributed by atoms with Gasteiger partial charge in [-0.2, -0.15) is 0 Å². The Morgan fingerprint density at radius 1 is 1.50 bits per heavy atom. The van der Waals surface area contributed by atoms with Crippen LogP contribution in [0.1, 0.15) is 20.3 Å². The molecule has 0 rings (SSSR count). The van der Waals surface area contributed by atoms with Gasteiger partial charge in [0.15, 0.2) is 6.61 Å². The topological polar surface area (TPSA) is 102 Å². The molecular formula is C8H16N2O4. The minimum Gasteiger partial charge on any atom is -0.479 e. The number of amides is 1. The third-order valence-corrected chi connectivity index (χ3v) is 1.43. The van der Waals surface area contributed by atoms with Crippen LogP contribution in [-0.2, 0) is 14.4 Å². The fourth-order valence-electron chi connectivity index (χ4n) is 0.860. The number of carboxylic acids is 1. The van der Waals surface area contributed by atoms with Gasteiger partial charge in [0.2, 0.25) is 0 Å². The molecule has 0 saturated carbocycles. The van der Waals surface area contributed by atoms with Crippen LogP contribution in [0, 0.1) is 5.92 Å². The molecule has 0 fully saturated rings. The second kappa shape index (κ2) is 6.33. The van der Waals surface area contributed by atoms with Gasteiger partial charge in [0, 0.05) is 0 Å². The highest BCUT2D eigenvalue weighted by molar-refractivity contribution is 5.80. The van der Waals surface area contributed by atoms with E-state index in [1.807, 2.05) is 19.3 Å². The maximum atomic E-state index is 11.1. The fourth-order valence-corrected chi connectivity index (χ4v) is 0.860. The zero-order valence-corrected chi connectivity index (χ0v) is 8.32. The molecule has 0 aliphatic rings. The number of hydrogen-bond donors (Lipinski definition) is 3. The number of carbonyl (C=O) groups excluding carboxylic acids is 1. The van der Waals surface area contributed by atoms with Crippen molar-refractivity contribution in [2.24, 2.45) is 11.7 Å². The lowest BCUT2D eigenvalue weighted by Crippen LogP contribution is -2.41. The van der Waals surface area contributed by atoms with E-state index in [1.54, 1.807) is 0 Å². The molecular weight excluding hydrogens is 188 g/mol. The van der Waals surface area contributed by atoms with Crippen molar-refractivity contribution in [2.45, 2.75) is 26.3 Å². The Labute approximate surface area is 82.4 Å². The molecule has 0 aliphatic carbocycles. The zero-order chi connectivity index (χ0) is 11.1. The second-order valence-corrected chi connectivity index (χ2v) is 3.38.